The summed E-state index contributed by atoms with van der Waals surface area (Å²) in [7, 11) is -12.2. The van der Waals surface area contributed by atoms with E-state index in [1.54, 1.807) is 17.7 Å². The van der Waals surface area contributed by atoms with Crippen LogP contribution in [-0.2, 0) is 43.5 Å². The molecule has 0 aliphatic heterocycles. The molecule has 0 unspecified atom stereocenters. The number of halogens is 6. The van der Waals surface area contributed by atoms with Crippen LogP contribution in [0.4, 0.5) is 26.3 Å². The van der Waals surface area contributed by atoms with Gasteiger partial charge in [-0.25, -0.2) is 16.8 Å². The SMILES string of the molecule is CC1=CC[C]([Zr+2][C]2=C(C)C(C)=CC2)=C1C.O=S(=O)([O-])C(F)(F)F.O=S(=O)([O-])C(F)(F)F. The van der Waals surface area contributed by atoms with Gasteiger partial charge in [-0.3, -0.25) is 0 Å². The van der Waals surface area contributed by atoms with E-state index in [9.17, 15) is 26.3 Å². The molecule has 31 heavy (non-hydrogen) atoms. The van der Waals surface area contributed by atoms with E-state index in [0.717, 1.165) is 0 Å². The minimum Gasteiger partial charge on any atom is -0.741 e. The molecule has 6 nitrogen and oxygen atoms in total. The maximum Gasteiger partial charge on any atom is 0.485 e. The minimum absolute atomic E-state index is 0.438. The van der Waals surface area contributed by atoms with Gasteiger partial charge in [0.25, 0.3) is 0 Å². The van der Waals surface area contributed by atoms with Crippen molar-refractivity contribution in [3.63, 3.8) is 0 Å². The molecular weight excluding hydrogens is 558 g/mol. The first-order valence-corrected chi connectivity index (χ1v) is 13.4. The van der Waals surface area contributed by atoms with E-state index in [0.29, 0.717) is 0 Å². The van der Waals surface area contributed by atoms with Gasteiger partial charge in [-0.1, -0.05) is 0 Å². The maximum absolute atomic E-state index is 10.7. The molecule has 0 saturated carbocycles. The van der Waals surface area contributed by atoms with E-state index in [4.69, 9.17) is 25.9 Å². The van der Waals surface area contributed by atoms with Crippen LogP contribution in [-0.4, -0.2) is 37.0 Å². The topological polar surface area (TPSA) is 114 Å². The Morgan fingerprint density at radius 3 is 1.06 bits per heavy atom. The third-order valence-electron chi connectivity index (χ3n) is 4.18. The summed E-state index contributed by atoms with van der Waals surface area (Å²) < 4.78 is 121. The Hall–Kier alpha value is -0.757. The molecule has 15 heteroatoms. The van der Waals surface area contributed by atoms with Crippen LogP contribution >= 0.6 is 0 Å². The first-order valence-electron chi connectivity index (χ1n) is 8.14. The Morgan fingerprint density at radius 2 is 0.935 bits per heavy atom. The van der Waals surface area contributed by atoms with E-state index < -0.39 is 54.5 Å². The zero-order chi connectivity index (χ0) is 25.0. The van der Waals surface area contributed by atoms with Crippen molar-refractivity contribution >= 4 is 20.2 Å². The summed E-state index contributed by atoms with van der Waals surface area (Å²) in [5, 5.41) is 0. The predicted octanol–water partition coefficient (Wildman–Crippen LogP) is 4.42. The van der Waals surface area contributed by atoms with E-state index in [-0.39, 0.29) is 0 Å². The van der Waals surface area contributed by atoms with Crippen molar-refractivity contribution in [2.45, 2.75) is 51.6 Å². The molecule has 0 amide bonds. The molecule has 2 aliphatic rings. The fraction of sp³-hybridized carbons (Fsp3) is 0.500. The summed E-state index contributed by atoms with van der Waals surface area (Å²) in [4.78, 5) is 0. The summed E-state index contributed by atoms with van der Waals surface area (Å²) in [6, 6.07) is 0. The van der Waals surface area contributed by atoms with Gasteiger partial charge < -0.3 is 9.11 Å². The van der Waals surface area contributed by atoms with Gasteiger partial charge in [-0.05, 0) is 0 Å². The van der Waals surface area contributed by atoms with E-state index in [1.807, 2.05) is 0 Å². The van der Waals surface area contributed by atoms with Crippen molar-refractivity contribution in [3.05, 3.63) is 41.0 Å². The second-order valence-electron chi connectivity index (χ2n) is 6.31. The van der Waals surface area contributed by atoms with Crippen LogP contribution in [0.5, 0.6) is 0 Å². The van der Waals surface area contributed by atoms with Gasteiger partial charge in [0.15, 0.2) is 20.2 Å². The van der Waals surface area contributed by atoms with Crippen molar-refractivity contribution in [1.82, 2.24) is 0 Å². The molecule has 0 spiro atoms. The smallest absolute Gasteiger partial charge is 0.485 e. The largest absolute Gasteiger partial charge is 0.741 e. The standard InChI is InChI=1S/2C7H9.2CHF3O3S.Zr/c2*1-6-4-3-5-7(6)2;2*2-1(3,4)8(5,6)7;/h2*4H,3H2,1-2H3;2*(H,5,6,7);/q;;;;+2/p-2. The van der Waals surface area contributed by atoms with Gasteiger partial charge in [0.1, 0.15) is 0 Å². The number of rotatable bonds is 2. The Labute approximate surface area is 187 Å². The van der Waals surface area contributed by atoms with Gasteiger partial charge in [0.2, 0.25) is 0 Å². The molecule has 0 bridgehead atoms. The summed E-state index contributed by atoms with van der Waals surface area (Å²) in [6.07, 6.45) is 7.30. The molecule has 0 fully saturated rings. The van der Waals surface area contributed by atoms with Crippen molar-refractivity contribution < 1.29 is 75.5 Å². The van der Waals surface area contributed by atoms with Crippen molar-refractivity contribution in [2.75, 3.05) is 0 Å². The summed E-state index contributed by atoms with van der Waals surface area (Å²) in [5.41, 5.74) is -5.04. The fourth-order valence-corrected chi connectivity index (χ4v) is 5.86. The van der Waals surface area contributed by atoms with Crippen molar-refractivity contribution in [2.24, 2.45) is 0 Å². The molecule has 0 N–H and O–H groups in total. The fourth-order valence-electron chi connectivity index (χ4n) is 2.07. The first kappa shape index (κ1) is 30.2. The molecule has 2 aliphatic carbocycles. The zero-order valence-corrected chi connectivity index (χ0v) is 20.7. The van der Waals surface area contributed by atoms with E-state index in [2.05, 4.69) is 39.8 Å². The van der Waals surface area contributed by atoms with Gasteiger partial charge in [-0.15, -0.1) is 0 Å². The first-order chi connectivity index (χ1) is 13.6. The number of hydrogen-bond acceptors (Lipinski definition) is 6. The summed E-state index contributed by atoms with van der Waals surface area (Å²) >= 11 is -0.438. The second kappa shape index (κ2) is 10.9. The monoisotopic (exact) mass is 574 g/mol. The van der Waals surface area contributed by atoms with Crippen molar-refractivity contribution in [3.8, 4) is 0 Å². The van der Waals surface area contributed by atoms with Crippen LogP contribution in [0, 0.1) is 0 Å². The van der Waals surface area contributed by atoms with Gasteiger partial charge in [0.05, 0.1) is 0 Å². The van der Waals surface area contributed by atoms with Crippen LogP contribution in [0.2, 0.25) is 0 Å². The summed E-state index contributed by atoms with van der Waals surface area (Å²) in [5.74, 6) is 0. The maximum atomic E-state index is 10.7. The van der Waals surface area contributed by atoms with Crippen LogP contribution in [0.3, 0.4) is 0 Å². The molecule has 0 aromatic heterocycles. The van der Waals surface area contributed by atoms with Crippen LogP contribution in [0.25, 0.3) is 0 Å². The van der Waals surface area contributed by atoms with Crippen LogP contribution < -0.4 is 0 Å². The molecule has 0 aromatic carbocycles. The van der Waals surface area contributed by atoms with Gasteiger partial charge in [-0.2, -0.15) is 26.3 Å². The Balaban J connectivity index is 0.000000483. The predicted molar refractivity (Wildman–Crippen MR) is 93.7 cm³/mol. The van der Waals surface area contributed by atoms with E-state index >= 15 is 0 Å². The molecule has 0 atom stereocenters. The third kappa shape index (κ3) is 9.72. The average Bonchev–Trinajstić information content (AvgIpc) is 3.03. The molecular formula is C16H18F6O6S2Zr. The van der Waals surface area contributed by atoms with Crippen LogP contribution in [0.1, 0.15) is 40.5 Å². The second-order valence-corrected chi connectivity index (χ2v) is 12.6. The quantitative estimate of drug-likeness (QED) is 0.274. The Kier molecular flexibility index (Phi) is 10.6. The normalized spacial score (nSPS) is 17.3. The molecule has 2 rings (SSSR count). The summed E-state index contributed by atoms with van der Waals surface area (Å²) in [6.45, 7) is 9.11. The zero-order valence-electron chi connectivity index (χ0n) is 16.6. The third-order valence-corrected chi connectivity index (χ3v) is 9.65. The Bertz CT molecular complexity index is 934. The number of alkyl halides is 6. The van der Waals surface area contributed by atoms with Crippen LogP contribution in [0.15, 0.2) is 41.0 Å². The molecule has 0 saturated heterocycles. The van der Waals surface area contributed by atoms with Gasteiger partial charge >= 0.3 is 116 Å². The van der Waals surface area contributed by atoms with Gasteiger partial charge in [0, 0.05) is 0 Å². The number of allylic oxidation sites excluding steroid dienone is 8. The molecule has 0 heterocycles. The number of hydrogen-bond donors (Lipinski definition) is 0. The van der Waals surface area contributed by atoms with Crippen molar-refractivity contribution in [1.29, 1.82) is 0 Å². The minimum atomic E-state index is -6.09. The molecule has 0 radical (unpaired) electrons. The molecule has 0 aromatic rings. The Morgan fingerprint density at radius 1 is 0.710 bits per heavy atom. The van der Waals surface area contributed by atoms with E-state index in [1.165, 1.54) is 24.0 Å². The molecule has 176 valence electrons. The average molecular weight is 576 g/mol.